The van der Waals surface area contributed by atoms with Crippen LogP contribution in [0, 0.1) is 11.8 Å². The lowest BCUT2D eigenvalue weighted by Gasteiger charge is -2.29. The van der Waals surface area contributed by atoms with Crippen LogP contribution in [0.25, 0.3) is 0 Å². The van der Waals surface area contributed by atoms with E-state index in [1.807, 2.05) is 0 Å². The number of nitrogens with zero attached hydrogens (tertiary/aromatic N) is 4. The highest BCUT2D eigenvalue weighted by molar-refractivity contribution is 5.45. The second kappa shape index (κ2) is 29.2. The van der Waals surface area contributed by atoms with Crippen LogP contribution in [0.3, 0.4) is 0 Å². The van der Waals surface area contributed by atoms with Crippen LogP contribution in [0.2, 0.25) is 0 Å². The fourth-order valence-electron chi connectivity index (χ4n) is 10.9. The van der Waals surface area contributed by atoms with E-state index in [2.05, 4.69) is 88.9 Å². The first-order valence-corrected chi connectivity index (χ1v) is 27.6. The molecule has 65 heavy (non-hydrogen) atoms. The zero-order chi connectivity index (χ0) is 45.3. The number of hydrogen-bond donors (Lipinski definition) is 0. The monoisotopic (exact) mass is 883 g/mol. The molecule has 2 aliphatic carbocycles. The highest BCUT2D eigenvalue weighted by Gasteiger charge is 2.27. The molecule has 5 nitrogen and oxygen atoms in total. The van der Waals surface area contributed by atoms with E-state index in [1.165, 1.54) is 200 Å². The van der Waals surface area contributed by atoms with Gasteiger partial charge < -0.3 is 4.74 Å². The highest BCUT2D eigenvalue weighted by Crippen LogP contribution is 2.41. The van der Waals surface area contributed by atoms with Gasteiger partial charge >= 0.3 is 0 Å². The zero-order valence-corrected chi connectivity index (χ0v) is 41.9. The summed E-state index contributed by atoms with van der Waals surface area (Å²) in [6.45, 7) is 9.15. The fourth-order valence-corrected chi connectivity index (χ4v) is 10.9. The van der Waals surface area contributed by atoms with Crippen LogP contribution in [0.1, 0.15) is 252 Å². The van der Waals surface area contributed by atoms with Crippen molar-refractivity contribution in [3.05, 3.63) is 106 Å². The van der Waals surface area contributed by atoms with E-state index < -0.39 is 0 Å². The maximum atomic E-state index is 7.21. The van der Waals surface area contributed by atoms with Gasteiger partial charge in [0.2, 0.25) is 0 Å². The second-order valence-electron chi connectivity index (χ2n) is 20.7. The summed E-state index contributed by atoms with van der Waals surface area (Å²) in [6, 6.07) is 14.5. The minimum atomic E-state index is 0.478. The Labute approximate surface area is 397 Å². The van der Waals surface area contributed by atoms with Crippen molar-refractivity contribution in [2.45, 2.75) is 245 Å². The first kappa shape index (κ1) is 50.8. The van der Waals surface area contributed by atoms with Gasteiger partial charge in [0.25, 0.3) is 0 Å². The molecule has 2 saturated carbocycles. The van der Waals surface area contributed by atoms with Crippen molar-refractivity contribution in [1.29, 1.82) is 0 Å². The van der Waals surface area contributed by atoms with E-state index in [0.717, 1.165) is 61.7 Å². The van der Waals surface area contributed by atoms with Crippen molar-refractivity contribution in [3.8, 4) is 11.5 Å². The molecule has 0 radical (unpaired) electrons. The minimum absolute atomic E-state index is 0.478. The Hall–Kier alpha value is -3.60. The third-order valence-corrected chi connectivity index (χ3v) is 15.1. The van der Waals surface area contributed by atoms with Gasteiger partial charge in [-0.15, -0.1) is 0 Å². The molecule has 0 atom stereocenters. The molecule has 2 heterocycles. The van der Waals surface area contributed by atoms with E-state index in [4.69, 9.17) is 24.7 Å². The number of aryl methyl sites for hydroxylation is 4. The van der Waals surface area contributed by atoms with Crippen LogP contribution in [-0.2, 0) is 38.5 Å². The van der Waals surface area contributed by atoms with Gasteiger partial charge in [-0.2, -0.15) is 0 Å². The van der Waals surface area contributed by atoms with Crippen molar-refractivity contribution < 1.29 is 4.74 Å². The topological polar surface area (TPSA) is 60.8 Å². The van der Waals surface area contributed by atoms with Crippen LogP contribution >= 0.6 is 0 Å². The van der Waals surface area contributed by atoms with Crippen molar-refractivity contribution in [1.82, 2.24) is 19.9 Å². The quantitative estimate of drug-likeness (QED) is 0.0488. The first-order chi connectivity index (χ1) is 32.0. The number of rotatable bonds is 30. The Kier molecular flexibility index (Phi) is 22.8. The summed E-state index contributed by atoms with van der Waals surface area (Å²) in [4.78, 5) is 19.6. The van der Waals surface area contributed by atoms with Crippen LogP contribution < -0.4 is 4.74 Å². The predicted molar refractivity (Wildman–Crippen MR) is 274 cm³/mol. The van der Waals surface area contributed by atoms with Crippen LogP contribution in [0.5, 0.6) is 11.5 Å². The lowest BCUT2D eigenvalue weighted by Crippen LogP contribution is -2.18. The predicted octanol–water partition coefficient (Wildman–Crippen LogP) is 17.4. The molecule has 2 aliphatic rings. The van der Waals surface area contributed by atoms with Gasteiger partial charge in [0.15, 0.2) is 0 Å². The summed E-state index contributed by atoms with van der Waals surface area (Å²) in [5.74, 6) is 6.54. The number of aromatic nitrogens is 4. The van der Waals surface area contributed by atoms with Gasteiger partial charge in [-0.3, -0.25) is 0 Å². The van der Waals surface area contributed by atoms with E-state index in [0.29, 0.717) is 23.7 Å². The molecule has 0 unspecified atom stereocenters. The normalized spacial score (nSPS) is 18.8. The molecule has 0 N–H and O–H groups in total. The van der Waals surface area contributed by atoms with Crippen molar-refractivity contribution in [3.63, 3.8) is 0 Å². The smallest absolute Gasteiger partial charge is 0.131 e. The third-order valence-electron chi connectivity index (χ3n) is 15.1. The van der Waals surface area contributed by atoms with Gasteiger partial charge in [-0.1, -0.05) is 142 Å². The van der Waals surface area contributed by atoms with Crippen LogP contribution in [-0.4, -0.2) is 19.9 Å². The number of benzene rings is 2. The summed E-state index contributed by atoms with van der Waals surface area (Å²) in [5.41, 5.74) is 8.34. The molecule has 0 aliphatic heterocycles. The van der Waals surface area contributed by atoms with Gasteiger partial charge in [0.1, 0.15) is 23.1 Å². The SMILES string of the molecule is CCCCCCCCc1ccc(Oc2ccc(CCCCCCCC)cc2C[C@H]2CC[C@H](c3ncc(CCCCC)cn3)CC2)c(C[C@H]2CC[C@H](c3ncc(CCCCC)cn3)CC2)c1. The Balaban J connectivity index is 1.14. The summed E-state index contributed by atoms with van der Waals surface area (Å²) in [5, 5.41) is 0. The maximum Gasteiger partial charge on any atom is 0.131 e. The number of unbranched alkanes of at least 4 members (excludes halogenated alkanes) is 14. The molecule has 0 amide bonds. The first-order valence-electron chi connectivity index (χ1n) is 27.6. The van der Waals surface area contributed by atoms with E-state index >= 15 is 0 Å². The number of hydrogen-bond acceptors (Lipinski definition) is 5. The van der Waals surface area contributed by atoms with Crippen molar-refractivity contribution in [2.24, 2.45) is 11.8 Å². The molecule has 4 aromatic rings. The minimum Gasteiger partial charge on any atom is -0.457 e. The summed E-state index contributed by atoms with van der Waals surface area (Å²) < 4.78 is 7.21. The standard InChI is InChI=1S/C60H90N4O/c1-5-9-13-15-17-21-23-47-31-37-57(55(39-47)41-49-27-33-53(34-28-49)59-61-43-51(44-62-59)25-19-11-7-3)65-58-38-32-48(24-22-18-16-14-10-6-2)40-56(58)42-50-29-35-54(36-30-50)60-63-45-52(46-64-60)26-20-12-8-4/h31-32,37-40,43-46,49-50,53-54H,5-30,33-36,41-42H2,1-4H3/t49-,50-,53-,54-. The lowest BCUT2D eigenvalue weighted by molar-refractivity contribution is 0.312. The van der Waals surface area contributed by atoms with E-state index in [1.54, 1.807) is 0 Å². The molecule has 0 spiro atoms. The average Bonchev–Trinajstić information content (AvgIpc) is 3.34. The molecule has 6 rings (SSSR count). The second-order valence-corrected chi connectivity index (χ2v) is 20.7. The van der Waals surface area contributed by atoms with Crippen LogP contribution in [0.15, 0.2) is 61.2 Å². The molecule has 356 valence electrons. The average molecular weight is 883 g/mol. The molecular formula is C60H90N4O. The van der Waals surface area contributed by atoms with Gasteiger partial charge in [0, 0.05) is 36.6 Å². The van der Waals surface area contributed by atoms with Gasteiger partial charge in [-0.25, -0.2) is 19.9 Å². The lowest BCUT2D eigenvalue weighted by atomic mass is 9.78. The Morgan fingerprint density at radius 1 is 0.385 bits per heavy atom. The highest BCUT2D eigenvalue weighted by atomic mass is 16.5. The summed E-state index contributed by atoms with van der Waals surface area (Å²) >= 11 is 0. The van der Waals surface area contributed by atoms with Crippen molar-refractivity contribution in [2.75, 3.05) is 0 Å². The fraction of sp³-hybridized carbons (Fsp3) is 0.667. The summed E-state index contributed by atoms with van der Waals surface area (Å²) in [6.07, 6.45) is 48.2. The Bertz CT molecular complexity index is 1740. The maximum absolute atomic E-state index is 7.21. The zero-order valence-electron chi connectivity index (χ0n) is 41.9. The molecule has 2 aromatic heterocycles. The van der Waals surface area contributed by atoms with Gasteiger partial charge in [-0.05, 0) is 173 Å². The summed E-state index contributed by atoms with van der Waals surface area (Å²) in [7, 11) is 0. The molecule has 0 bridgehead atoms. The Morgan fingerprint density at radius 2 is 0.708 bits per heavy atom. The molecule has 2 fully saturated rings. The van der Waals surface area contributed by atoms with E-state index in [9.17, 15) is 0 Å². The van der Waals surface area contributed by atoms with E-state index in [-0.39, 0.29) is 0 Å². The third kappa shape index (κ3) is 17.5. The molecule has 0 saturated heterocycles. The molecule has 5 heteroatoms. The Morgan fingerprint density at radius 3 is 1.09 bits per heavy atom. The largest absolute Gasteiger partial charge is 0.457 e. The molecule has 2 aromatic carbocycles. The molecular weight excluding hydrogens is 793 g/mol. The van der Waals surface area contributed by atoms with Crippen LogP contribution in [0.4, 0.5) is 0 Å². The van der Waals surface area contributed by atoms with Crippen molar-refractivity contribution >= 4 is 0 Å². The number of ether oxygens (including phenoxy) is 1. The van der Waals surface area contributed by atoms with Gasteiger partial charge in [0.05, 0.1) is 0 Å².